The van der Waals surface area contributed by atoms with Gasteiger partial charge in [-0.15, -0.1) is 0 Å². The quantitative estimate of drug-likeness (QED) is 0.830. The number of nitrogens with zero attached hydrogens (tertiary/aromatic N) is 3. The number of likely N-dealkylation sites (N-methyl/N-ethyl adjacent to an activating group) is 1. The maximum atomic E-state index is 13.4. The summed E-state index contributed by atoms with van der Waals surface area (Å²) in [6.07, 6.45) is -2.92. The van der Waals surface area contributed by atoms with Gasteiger partial charge in [0.05, 0.1) is 22.8 Å². The lowest BCUT2D eigenvalue weighted by atomic mass is 9.62. The predicted octanol–water partition coefficient (Wildman–Crippen LogP) is 3.99. The van der Waals surface area contributed by atoms with Crippen LogP contribution in [-0.4, -0.2) is 30.6 Å². The average molecular weight is 390 g/mol. The van der Waals surface area contributed by atoms with Crippen molar-refractivity contribution in [1.82, 2.24) is 10.2 Å². The fraction of sp³-hybridized carbons (Fsp3) is 0.450. The second-order valence-corrected chi connectivity index (χ2v) is 7.58. The first-order valence-corrected chi connectivity index (χ1v) is 9.25. The van der Waals surface area contributed by atoms with Crippen LogP contribution in [0.25, 0.3) is 0 Å². The maximum absolute atomic E-state index is 13.4. The van der Waals surface area contributed by atoms with Crippen molar-refractivity contribution in [3.63, 3.8) is 0 Å². The first-order valence-electron chi connectivity index (χ1n) is 9.25. The molecular formula is C20H21F3N4O. The van der Waals surface area contributed by atoms with Crippen LogP contribution in [-0.2, 0) is 16.4 Å². The number of azo groups is 1. The van der Waals surface area contributed by atoms with Crippen LogP contribution < -0.4 is 5.32 Å². The summed E-state index contributed by atoms with van der Waals surface area (Å²) in [6.45, 7) is 4.42. The molecular weight excluding hydrogens is 369 g/mol. The third-order valence-electron chi connectivity index (χ3n) is 5.97. The van der Waals surface area contributed by atoms with Crippen molar-refractivity contribution in [2.45, 2.75) is 38.0 Å². The molecule has 3 aliphatic rings. The molecule has 0 saturated heterocycles. The molecule has 0 aromatic heterocycles. The van der Waals surface area contributed by atoms with Crippen molar-refractivity contribution in [2.75, 3.05) is 13.6 Å². The Labute approximate surface area is 161 Å². The molecule has 1 unspecified atom stereocenters. The molecule has 0 fully saturated rings. The Bertz CT molecular complexity index is 934. The number of alkyl halides is 3. The first kappa shape index (κ1) is 18.7. The molecule has 0 radical (unpaired) electrons. The van der Waals surface area contributed by atoms with Gasteiger partial charge >= 0.3 is 6.18 Å². The number of hydrogen-bond donors (Lipinski definition) is 1. The highest BCUT2D eigenvalue weighted by atomic mass is 19.4. The molecule has 1 aromatic rings. The van der Waals surface area contributed by atoms with Crippen molar-refractivity contribution >= 4 is 5.91 Å². The van der Waals surface area contributed by atoms with E-state index in [1.807, 2.05) is 13.8 Å². The molecule has 28 heavy (non-hydrogen) atoms. The monoisotopic (exact) mass is 390 g/mol. The lowest BCUT2D eigenvalue weighted by Gasteiger charge is -2.48. The van der Waals surface area contributed by atoms with Crippen LogP contribution in [0.1, 0.15) is 31.4 Å². The summed E-state index contributed by atoms with van der Waals surface area (Å²) in [6, 6.07) is 5.27. The summed E-state index contributed by atoms with van der Waals surface area (Å²) in [5.74, 6) is -0.155. The molecule has 148 valence electrons. The Balaban J connectivity index is 2.02. The lowest BCUT2D eigenvalue weighted by Crippen LogP contribution is -2.55. The smallest absolute Gasteiger partial charge is 0.361 e. The van der Waals surface area contributed by atoms with E-state index in [1.165, 1.54) is 6.07 Å². The molecule has 3 aliphatic heterocycles. The number of rotatable bonds is 2. The zero-order chi connectivity index (χ0) is 20.3. The van der Waals surface area contributed by atoms with Gasteiger partial charge in [0.1, 0.15) is 0 Å². The minimum atomic E-state index is -4.46. The SMILES string of the molecule is CC[C@@]1(c2cccc(C(F)(F)F)c2)C2=CN=NC2NC2=C1C(=O)N(C)C[C@@H]2C. The number of halogens is 3. The van der Waals surface area contributed by atoms with Crippen LogP contribution in [0.15, 0.2) is 57.5 Å². The first-order chi connectivity index (χ1) is 13.2. The van der Waals surface area contributed by atoms with E-state index < -0.39 is 23.3 Å². The van der Waals surface area contributed by atoms with Crippen LogP contribution in [0.5, 0.6) is 0 Å². The largest absolute Gasteiger partial charge is 0.416 e. The summed E-state index contributed by atoms with van der Waals surface area (Å²) in [5, 5.41) is 11.5. The number of carbonyl (C=O) groups is 1. The van der Waals surface area contributed by atoms with Crippen molar-refractivity contribution in [2.24, 2.45) is 16.1 Å². The zero-order valence-electron chi connectivity index (χ0n) is 15.8. The number of carbonyl (C=O) groups excluding carboxylic acids is 1. The van der Waals surface area contributed by atoms with E-state index in [1.54, 1.807) is 24.2 Å². The second-order valence-electron chi connectivity index (χ2n) is 7.58. The third kappa shape index (κ3) is 2.50. The highest BCUT2D eigenvalue weighted by Gasteiger charge is 2.53. The molecule has 1 amide bonds. The number of nitrogens with one attached hydrogen (secondary N) is 1. The Morgan fingerprint density at radius 1 is 1.36 bits per heavy atom. The van der Waals surface area contributed by atoms with Crippen LogP contribution in [0.2, 0.25) is 0 Å². The van der Waals surface area contributed by atoms with Crippen molar-refractivity contribution < 1.29 is 18.0 Å². The van der Waals surface area contributed by atoms with Crippen molar-refractivity contribution in [1.29, 1.82) is 0 Å². The van der Waals surface area contributed by atoms with Gasteiger partial charge in [0.15, 0.2) is 6.17 Å². The molecule has 1 aromatic carbocycles. The van der Waals surface area contributed by atoms with Gasteiger partial charge in [-0.25, -0.2) is 0 Å². The van der Waals surface area contributed by atoms with E-state index in [9.17, 15) is 18.0 Å². The standard InChI is InChI=1S/C20H21F3N4O/c1-4-19(12-6-5-7-13(8-12)20(21,22)23)14-9-24-26-17(14)25-16-11(2)10-27(3)18(28)15(16)19/h5-9,11,17,25H,4,10H2,1-3H3/t11-,17?,19+/m0/s1. The van der Waals surface area contributed by atoms with E-state index in [4.69, 9.17) is 0 Å². The van der Waals surface area contributed by atoms with Crippen molar-refractivity contribution in [3.8, 4) is 0 Å². The molecule has 0 aliphatic carbocycles. The fourth-order valence-corrected chi connectivity index (χ4v) is 4.66. The van der Waals surface area contributed by atoms with Crippen LogP contribution >= 0.6 is 0 Å². The van der Waals surface area contributed by atoms with E-state index in [0.29, 0.717) is 29.7 Å². The summed E-state index contributed by atoms with van der Waals surface area (Å²) >= 11 is 0. The highest BCUT2D eigenvalue weighted by Crippen LogP contribution is 2.52. The molecule has 4 rings (SSSR count). The molecule has 3 heterocycles. The molecule has 0 spiro atoms. The number of benzene rings is 1. The van der Waals surface area contributed by atoms with Gasteiger partial charge < -0.3 is 10.2 Å². The maximum Gasteiger partial charge on any atom is 0.416 e. The zero-order valence-corrected chi connectivity index (χ0v) is 15.8. The average Bonchev–Trinajstić information content (AvgIpc) is 3.13. The van der Waals surface area contributed by atoms with Crippen LogP contribution in [0.4, 0.5) is 13.2 Å². The number of fused-ring (bicyclic) bond motifs is 1. The second kappa shape index (κ2) is 6.18. The van der Waals surface area contributed by atoms with Gasteiger partial charge in [0.25, 0.3) is 5.91 Å². The van der Waals surface area contributed by atoms with Gasteiger partial charge in [-0.1, -0.05) is 32.0 Å². The molecule has 8 heteroatoms. The fourth-order valence-electron chi connectivity index (χ4n) is 4.66. The molecule has 0 saturated carbocycles. The van der Waals surface area contributed by atoms with Crippen LogP contribution in [0, 0.1) is 5.92 Å². The number of amides is 1. The lowest BCUT2D eigenvalue weighted by molar-refractivity contribution is -0.137. The summed E-state index contributed by atoms with van der Waals surface area (Å²) in [4.78, 5) is 14.9. The topological polar surface area (TPSA) is 57.1 Å². The summed E-state index contributed by atoms with van der Waals surface area (Å²) in [5.41, 5.74) is 0.681. The van der Waals surface area contributed by atoms with Crippen molar-refractivity contribution in [3.05, 3.63) is 58.4 Å². The minimum Gasteiger partial charge on any atom is -0.361 e. The molecule has 1 N–H and O–H groups in total. The third-order valence-corrected chi connectivity index (χ3v) is 5.97. The Hall–Kier alpha value is -2.64. The summed E-state index contributed by atoms with van der Waals surface area (Å²) < 4.78 is 40.2. The van der Waals surface area contributed by atoms with Gasteiger partial charge in [0, 0.05) is 30.8 Å². The van der Waals surface area contributed by atoms with E-state index >= 15 is 0 Å². The molecule has 0 bridgehead atoms. The predicted molar refractivity (Wildman–Crippen MR) is 97.1 cm³/mol. The Morgan fingerprint density at radius 3 is 2.79 bits per heavy atom. The van der Waals surface area contributed by atoms with Crippen LogP contribution in [0.3, 0.4) is 0 Å². The Kier molecular flexibility index (Phi) is 4.13. The van der Waals surface area contributed by atoms with E-state index in [2.05, 4.69) is 15.5 Å². The van der Waals surface area contributed by atoms with Gasteiger partial charge in [-0.2, -0.15) is 23.4 Å². The van der Waals surface area contributed by atoms with E-state index in [-0.39, 0.29) is 11.8 Å². The van der Waals surface area contributed by atoms with Gasteiger partial charge in [0.2, 0.25) is 0 Å². The number of hydrogen-bond acceptors (Lipinski definition) is 4. The highest BCUT2D eigenvalue weighted by molar-refractivity contribution is 5.99. The minimum absolute atomic E-state index is 0.0202. The molecule has 3 atom stereocenters. The molecule has 5 nitrogen and oxygen atoms in total. The van der Waals surface area contributed by atoms with E-state index in [0.717, 1.165) is 17.8 Å². The van der Waals surface area contributed by atoms with Gasteiger partial charge in [-0.05, 0) is 18.1 Å². The normalized spacial score (nSPS) is 29.4. The summed E-state index contributed by atoms with van der Waals surface area (Å²) in [7, 11) is 1.72. The Morgan fingerprint density at radius 2 is 2.11 bits per heavy atom. The van der Waals surface area contributed by atoms with Gasteiger partial charge in [-0.3, -0.25) is 4.79 Å².